The second-order valence-corrected chi connectivity index (χ2v) is 8.53. The topological polar surface area (TPSA) is 34.1 Å². The van der Waals surface area contributed by atoms with Crippen LogP contribution in [0.2, 0.25) is 5.02 Å². The van der Waals surface area contributed by atoms with Gasteiger partial charge in [-0.25, -0.2) is 8.42 Å². The maximum atomic E-state index is 12.1. The van der Waals surface area contributed by atoms with E-state index in [9.17, 15) is 8.42 Å². The quantitative estimate of drug-likeness (QED) is 0.621. The van der Waals surface area contributed by atoms with Gasteiger partial charge in [0.05, 0.1) is 5.75 Å². The normalized spacial score (nSPS) is 12.0. The average Bonchev–Trinajstić information content (AvgIpc) is 2.40. The summed E-state index contributed by atoms with van der Waals surface area (Å²) >= 11 is 12.7. The van der Waals surface area contributed by atoms with E-state index in [2.05, 4.69) is 31.9 Å². The average molecular weight is 451 g/mol. The molecule has 2 aromatic rings. The Morgan fingerprint density at radius 2 is 1.62 bits per heavy atom. The first-order valence-electron chi connectivity index (χ1n) is 5.96. The zero-order chi connectivity index (χ0) is 15.5. The van der Waals surface area contributed by atoms with Gasteiger partial charge < -0.3 is 0 Å². The van der Waals surface area contributed by atoms with Crippen molar-refractivity contribution in [3.05, 3.63) is 73.0 Å². The number of benzene rings is 2. The summed E-state index contributed by atoms with van der Waals surface area (Å²) in [4.78, 5) is 0. The monoisotopic (exact) mass is 448 g/mol. The largest absolute Gasteiger partial charge is 0.224 e. The predicted octanol–water partition coefficient (Wildman–Crippen LogP) is 5.45. The lowest BCUT2D eigenvalue weighted by Crippen LogP contribution is -1.99. The van der Waals surface area contributed by atoms with E-state index in [1.54, 1.807) is 24.3 Å². The highest BCUT2D eigenvalue weighted by Crippen LogP contribution is 2.23. The van der Waals surface area contributed by atoms with Gasteiger partial charge in [-0.05, 0) is 41.5 Å². The highest BCUT2D eigenvalue weighted by atomic mass is 79.9. The third-order valence-corrected chi connectivity index (χ3v) is 5.33. The molecular weight excluding hydrogens is 439 g/mol. The molecule has 0 fully saturated rings. The lowest BCUT2D eigenvalue weighted by Gasteiger charge is -2.02. The van der Waals surface area contributed by atoms with Gasteiger partial charge in [0.1, 0.15) is 0 Å². The molecule has 21 heavy (non-hydrogen) atoms. The molecule has 0 unspecified atom stereocenters. The van der Waals surface area contributed by atoms with Crippen molar-refractivity contribution in [1.29, 1.82) is 0 Å². The molecule has 0 aliphatic heterocycles. The van der Waals surface area contributed by atoms with Crippen LogP contribution in [-0.4, -0.2) is 8.42 Å². The second-order valence-electron chi connectivity index (χ2n) is 4.40. The van der Waals surface area contributed by atoms with E-state index in [-0.39, 0.29) is 5.75 Å². The first kappa shape index (κ1) is 16.7. The van der Waals surface area contributed by atoms with Crippen LogP contribution in [0.25, 0.3) is 6.08 Å². The molecule has 0 saturated heterocycles. The van der Waals surface area contributed by atoms with Gasteiger partial charge in [0.15, 0.2) is 9.84 Å². The van der Waals surface area contributed by atoms with Crippen LogP contribution in [0.15, 0.2) is 56.8 Å². The molecule has 6 heteroatoms. The molecule has 0 aliphatic rings. The molecular formula is C15H11Br2ClO2S. The van der Waals surface area contributed by atoms with Crippen molar-refractivity contribution >= 4 is 59.4 Å². The van der Waals surface area contributed by atoms with Gasteiger partial charge in [-0.15, -0.1) is 0 Å². The SMILES string of the molecule is O=S(=O)(C=Cc1ccc(Br)cc1Cl)Cc1ccc(Br)cc1. The summed E-state index contributed by atoms with van der Waals surface area (Å²) in [7, 11) is -3.34. The van der Waals surface area contributed by atoms with Gasteiger partial charge in [0, 0.05) is 19.4 Å². The Hall–Kier alpha value is -0.620. The summed E-state index contributed by atoms with van der Waals surface area (Å²) in [6, 6.07) is 12.5. The molecule has 0 N–H and O–H groups in total. The van der Waals surface area contributed by atoms with E-state index < -0.39 is 9.84 Å². The summed E-state index contributed by atoms with van der Waals surface area (Å²) < 4.78 is 25.9. The van der Waals surface area contributed by atoms with Gasteiger partial charge in [-0.1, -0.05) is 61.7 Å². The lowest BCUT2D eigenvalue weighted by molar-refractivity contribution is 0.604. The van der Waals surface area contributed by atoms with E-state index in [1.807, 2.05) is 18.2 Å². The lowest BCUT2D eigenvalue weighted by atomic mass is 10.2. The first-order valence-corrected chi connectivity index (χ1v) is 9.64. The van der Waals surface area contributed by atoms with Gasteiger partial charge in [-0.3, -0.25) is 0 Å². The molecule has 0 saturated carbocycles. The predicted molar refractivity (Wildman–Crippen MR) is 95.0 cm³/mol. The van der Waals surface area contributed by atoms with Crippen molar-refractivity contribution in [2.24, 2.45) is 0 Å². The summed E-state index contributed by atoms with van der Waals surface area (Å²) in [5, 5.41) is 1.70. The Bertz CT molecular complexity index is 769. The number of hydrogen-bond donors (Lipinski definition) is 0. The van der Waals surface area contributed by atoms with E-state index in [0.29, 0.717) is 10.6 Å². The van der Waals surface area contributed by atoms with Crippen molar-refractivity contribution in [2.45, 2.75) is 5.75 Å². The third kappa shape index (κ3) is 5.25. The van der Waals surface area contributed by atoms with Gasteiger partial charge in [-0.2, -0.15) is 0 Å². The molecule has 2 rings (SSSR count). The second kappa shape index (κ2) is 7.09. The Labute approximate surface area is 146 Å². The molecule has 2 aromatic carbocycles. The maximum Gasteiger partial charge on any atom is 0.175 e. The molecule has 0 radical (unpaired) electrons. The number of rotatable bonds is 4. The zero-order valence-corrected chi connectivity index (χ0v) is 15.5. The van der Waals surface area contributed by atoms with Crippen molar-refractivity contribution in [3.63, 3.8) is 0 Å². The van der Waals surface area contributed by atoms with Gasteiger partial charge in [0.25, 0.3) is 0 Å². The minimum atomic E-state index is -3.34. The van der Waals surface area contributed by atoms with Crippen molar-refractivity contribution in [2.75, 3.05) is 0 Å². The van der Waals surface area contributed by atoms with E-state index >= 15 is 0 Å². The van der Waals surface area contributed by atoms with Gasteiger partial charge in [0.2, 0.25) is 0 Å². The van der Waals surface area contributed by atoms with Crippen LogP contribution >= 0.6 is 43.5 Å². The fourth-order valence-electron chi connectivity index (χ4n) is 1.67. The van der Waals surface area contributed by atoms with Crippen LogP contribution in [0.3, 0.4) is 0 Å². The molecule has 0 aliphatic carbocycles. The Morgan fingerprint density at radius 3 is 2.24 bits per heavy atom. The van der Waals surface area contributed by atoms with E-state index in [4.69, 9.17) is 11.6 Å². The van der Waals surface area contributed by atoms with Crippen LogP contribution in [-0.2, 0) is 15.6 Å². The van der Waals surface area contributed by atoms with Crippen molar-refractivity contribution in [1.82, 2.24) is 0 Å². The summed E-state index contributed by atoms with van der Waals surface area (Å²) in [6.07, 6.45) is 1.52. The molecule has 0 atom stereocenters. The molecule has 2 nitrogen and oxygen atoms in total. The molecule has 0 heterocycles. The van der Waals surface area contributed by atoms with Crippen LogP contribution < -0.4 is 0 Å². The minimum Gasteiger partial charge on any atom is -0.224 e. The highest BCUT2D eigenvalue weighted by molar-refractivity contribution is 9.10. The Kier molecular flexibility index (Phi) is 5.66. The van der Waals surface area contributed by atoms with Crippen LogP contribution in [0.5, 0.6) is 0 Å². The zero-order valence-electron chi connectivity index (χ0n) is 10.8. The Balaban J connectivity index is 2.16. The highest BCUT2D eigenvalue weighted by Gasteiger charge is 2.08. The summed E-state index contributed by atoms with van der Waals surface area (Å²) in [5.74, 6) is -0.0368. The molecule has 0 aromatic heterocycles. The maximum absolute atomic E-state index is 12.1. The fourth-order valence-corrected chi connectivity index (χ4v) is 3.78. The first-order chi connectivity index (χ1) is 9.85. The van der Waals surface area contributed by atoms with Crippen molar-refractivity contribution < 1.29 is 8.42 Å². The fraction of sp³-hybridized carbons (Fsp3) is 0.0667. The van der Waals surface area contributed by atoms with Crippen LogP contribution in [0.4, 0.5) is 0 Å². The number of sulfone groups is 1. The minimum absolute atomic E-state index is 0.0368. The van der Waals surface area contributed by atoms with Gasteiger partial charge >= 0.3 is 0 Å². The molecule has 0 bridgehead atoms. The van der Waals surface area contributed by atoms with E-state index in [1.165, 1.54) is 11.5 Å². The standard InChI is InChI=1S/C15H11Br2ClO2S/c16-13-4-1-11(2-5-13)10-21(19,20)8-7-12-3-6-14(17)9-15(12)18/h1-9H,10H2. The summed E-state index contributed by atoms with van der Waals surface area (Å²) in [6.45, 7) is 0. The molecule has 0 amide bonds. The smallest absolute Gasteiger partial charge is 0.175 e. The number of hydrogen-bond acceptors (Lipinski definition) is 2. The van der Waals surface area contributed by atoms with E-state index in [0.717, 1.165) is 14.5 Å². The van der Waals surface area contributed by atoms with Crippen LogP contribution in [0.1, 0.15) is 11.1 Å². The Morgan fingerprint density at radius 1 is 1.00 bits per heavy atom. The van der Waals surface area contributed by atoms with Crippen molar-refractivity contribution in [3.8, 4) is 0 Å². The molecule has 110 valence electrons. The molecule has 0 spiro atoms. The number of halogens is 3. The van der Waals surface area contributed by atoms with Crippen LogP contribution in [0, 0.1) is 0 Å². The summed E-state index contributed by atoms with van der Waals surface area (Å²) in [5.41, 5.74) is 1.41. The third-order valence-electron chi connectivity index (χ3n) is 2.70.